The molecule has 1 aliphatic rings. The number of aromatic nitrogens is 1. The SMILES string of the molecule is CCNC(=NCCCN1CCCCCC1=O)NCCC(=O)Nc1ccc(C)cn1.I. The van der Waals surface area contributed by atoms with Crippen molar-refractivity contribution in [2.24, 2.45) is 4.99 Å². The Kier molecular flexibility index (Phi) is 13.0. The number of nitrogens with zero attached hydrogens (tertiary/aromatic N) is 3. The Hall–Kier alpha value is -1.91. The number of likely N-dealkylation sites (tertiary alicyclic amines) is 1. The van der Waals surface area contributed by atoms with Crippen molar-refractivity contribution >= 4 is 47.6 Å². The lowest BCUT2D eigenvalue weighted by atomic mass is 10.2. The summed E-state index contributed by atoms with van der Waals surface area (Å²) in [5, 5.41) is 9.15. The van der Waals surface area contributed by atoms with Crippen LogP contribution in [-0.2, 0) is 9.59 Å². The molecule has 0 aliphatic carbocycles. The minimum absolute atomic E-state index is 0. The Bertz CT molecular complexity index is 681. The van der Waals surface area contributed by atoms with E-state index in [0.717, 1.165) is 50.9 Å². The number of halogens is 1. The van der Waals surface area contributed by atoms with E-state index in [4.69, 9.17) is 0 Å². The van der Waals surface area contributed by atoms with Crippen LogP contribution in [0, 0.1) is 6.92 Å². The molecule has 1 aromatic rings. The first kappa shape index (κ1) is 26.1. The third-order valence-electron chi connectivity index (χ3n) is 4.70. The topological polar surface area (TPSA) is 98.7 Å². The van der Waals surface area contributed by atoms with E-state index >= 15 is 0 Å². The van der Waals surface area contributed by atoms with Crippen molar-refractivity contribution in [3.63, 3.8) is 0 Å². The van der Waals surface area contributed by atoms with Crippen LogP contribution in [0.3, 0.4) is 0 Å². The van der Waals surface area contributed by atoms with Crippen LogP contribution < -0.4 is 16.0 Å². The Labute approximate surface area is 196 Å². The molecule has 0 saturated carbocycles. The van der Waals surface area contributed by atoms with Crippen molar-refractivity contribution in [1.29, 1.82) is 0 Å². The van der Waals surface area contributed by atoms with Gasteiger partial charge in [-0.1, -0.05) is 12.5 Å². The first-order valence-electron chi connectivity index (χ1n) is 10.6. The Morgan fingerprint density at radius 2 is 2.07 bits per heavy atom. The van der Waals surface area contributed by atoms with Crippen molar-refractivity contribution in [2.45, 2.75) is 52.4 Å². The number of pyridine rings is 1. The molecular formula is C21H35IN6O2. The summed E-state index contributed by atoms with van der Waals surface area (Å²) in [6, 6.07) is 3.71. The summed E-state index contributed by atoms with van der Waals surface area (Å²) in [6.07, 6.45) is 6.80. The van der Waals surface area contributed by atoms with Gasteiger partial charge in [-0.05, 0) is 44.7 Å². The summed E-state index contributed by atoms with van der Waals surface area (Å²) < 4.78 is 0. The highest BCUT2D eigenvalue weighted by Crippen LogP contribution is 2.11. The monoisotopic (exact) mass is 530 g/mol. The molecule has 8 nitrogen and oxygen atoms in total. The van der Waals surface area contributed by atoms with E-state index < -0.39 is 0 Å². The van der Waals surface area contributed by atoms with Gasteiger partial charge in [-0.3, -0.25) is 14.6 Å². The molecule has 9 heteroatoms. The first-order chi connectivity index (χ1) is 14.1. The highest BCUT2D eigenvalue weighted by molar-refractivity contribution is 14.0. The van der Waals surface area contributed by atoms with Crippen LogP contribution in [0.5, 0.6) is 0 Å². The van der Waals surface area contributed by atoms with Crippen molar-refractivity contribution in [3.8, 4) is 0 Å². The largest absolute Gasteiger partial charge is 0.357 e. The second-order valence-corrected chi connectivity index (χ2v) is 7.25. The van der Waals surface area contributed by atoms with Gasteiger partial charge in [0.25, 0.3) is 0 Å². The van der Waals surface area contributed by atoms with Gasteiger partial charge in [0.05, 0.1) is 0 Å². The number of anilines is 1. The molecule has 1 aliphatic heterocycles. The lowest BCUT2D eigenvalue weighted by Crippen LogP contribution is -2.39. The van der Waals surface area contributed by atoms with Gasteiger partial charge in [-0.25, -0.2) is 4.98 Å². The number of carbonyl (C=O) groups excluding carboxylic acids is 2. The van der Waals surface area contributed by atoms with Gasteiger partial charge in [-0.15, -0.1) is 24.0 Å². The number of rotatable bonds is 9. The molecule has 2 rings (SSSR count). The lowest BCUT2D eigenvalue weighted by molar-refractivity contribution is -0.130. The summed E-state index contributed by atoms with van der Waals surface area (Å²) in [4.78, 5) is 34.8. The van der Waals surface area contributed by atoms with E-state index in [1.165, 1.54) is 0 Å². The van der Waals surface area contributed by atoms with Gasteiger partial charge in [0.15, 0.2) is 5.96 Å². The van der Waals surface area contributed by atoms with E-state index in [9.17, 15) is 9.59 Å². The maximum atomic E-state index is 12.0. The van der Waals surface area contributed by atoms with Crippen LogP contribution >= 0.6 is 24.0 Å². The zero-order valence-corrected chi connectivity index (χ0v) is 20.4. The fourth-order valence-electron chi connectivity index (χ4n) is 3.11. The van der Waals surface area contributed by atoms with Crippen molar-refractivity contribution < 1.29 is 9.59 Å². The van der Waals surface area contributed by atoms with Crippen LogP contribution in [-0.4, -0.2) is 60.4 Å². The Balaban J connectivity index is 0.00000450. The molecule has 30 heavy (non-hydrogen) atoms. The maximum absolute atomic E-state index is 12.0. The van der Waals surface area contributed by atoms with Gasteiger partial charge in [-0.2, -0.15) is 0 Å². The second-order valence-electron chi connectivity index (χ2n) is 7.25. The third kappa shape index (κ3) is 10.2. The maximum Gasteiger partial charge on any atom is 0.227 e. The molecule has 2 amide bonds. The van der Waals surface area contributed by atoms with E-state index in [2.05, 4.69) is 25.9 Å². The molecule has 1 aromatic heterocycles. The first-order valence-corrected chi connectivity index (χ1v) is 10.6. The van der Waals surface area contributed by atoms with E-state index in [-0.39, 0.29) is 35.8 Å². The summed E-state index contributed by atoms with van der Waals surface area (Å²) in [5.74, 6) is 1.43. The molecule has 1 fully saturated rings. The molecular weight excluding hydrogens is 495 g/mol. The number of carbonyl (C=O) groups is 2. The van der Waals surface area contributed by atoms with Crippen LogP contribution in [0.15, 0.2) is 23.3 Å². The van der Waals surface area contributed by atoms with Crippen LogP contribution in [0.2, 0.25) is 0 Å². The second kappa shape index (κ2) is 15.0. The zero-order valence-electron chi connectivity index (χ0n) is 18.1. The highest BCUT2D eigenvalue weighted by atomic mass is 127. The number of guanidine groups is 1. The number of aryl methyl sites for hydroxylation is 1. The molecule has 0 radical (unpaired) electrons. The average molecular weight is 530 g/mol. The summed E-state index contributed by atoms with van der Waals surface area (Å²) in [6.45, 7) is 7.45. The van der Waals surface area contributed by atoms with Gasteiger partial charge in [0.1, 0.15) is 5.82 Å². The van der Waals surface area contributed by atoms with E-state index in [1.54, 1.807) is 12.3 Å². The molecule has 0 atom stereocenters. The molecule has 0 bridgehead atoms. The third-order valence-corrected chi connectivity index (χ3v) is 4.70. The van der Waals surface area contributed by atoms with Crippen LogP contribution in [0.4, 0.5) is 5.82 Å². The van der Waals surface area contributed by atoms with E-state index in [1.807, 2.05) is 24.8 Å². The molecule has 0 aromatic carbocycles. The lowest BCUT2D eigenvalue weighted by Gasteiger charge is -2.20. The predicted octanol–water partition coefficient (Wildman–Crippen LogP) is 2.68. The summed E-state index contributed by atoms with van der Waals surface area (Å²) >= 11 is 0. The van der Waals surface area contributed by atoms with Crippen molar-refractivity contribution in [3.05, 3.63) is 23.9 Å². The van der Waals surface area contributed by atoms with Gasteiger partial charge in [0, 0.05) is 51.8 Å². The molecule has 2 heterocycles. The molecule has 168 valence electrons. The Morgan fingerprint density at radius 3 is 2.80 bits per heavy atom. The highest BCUT2D eigenvalue weighted by Gasteiger charge is 2.15. The minimum Gasteiger partial charge on any atom is -0.357 e. The van der Waals surface area contributed by atoms with Crippen LogP contribution in [0.1, 0.15) is 51.0 Å². The smallest absolute Gasteiger partial charge is 0.227 e. The van der Waals surface area contributed by atoms with Gasteiger partial charge >= 0.3 is 0 Å². The number of aliphatic imine (C=N–C) groups is 1. The summed E-state index contributed by atoms with van der Waals surface area (Å²) in [5.41, 5.74) is 1.05. The predicted molar refractivity (Wildman–Crippen MR) is 131 cm³/mol. The molecule has 1 saturated heterocycles. The van der Waals surface area contributed by atoms with Crippen molar-refractivity contribution in [1.82, 2.24) is 20.5 Å². The average Bonchev–Trinajstić information content (AvgIpc) is 2.91. The van der Waals surface area contributed by atoms with Crippen molar-refractivity contribution in [2.75, 3.05) is 38.0 Å². The number of nitrogens with one attached hydrogen (secondary N) is 3. The standard InChI is InChI=1S/C21H34N6O2.HI/c1-3-22-21(23-12-7-15-27-14-6-4-5-8-20(27)29)24-13-11-19(28)26-18-10-9-17(2)16-25-18;/h9-10,16H,3-8,11-15H2,1-2H3,(H2,22,23,24)(H,25,26,28);1H. The number of hydrogen-bond acceptors (Lipinski definition) is 4. The Morgan fingerprint density at radius 1 is 1.23 bits per heavy atom. The molecule has 0 unspecified atom stereocenters. The quantitative estimate of drug-likeness (QED) is 0.198. The normalized spacial score (nSPS) is 14.5. The molecule has 0 spiro atoms. The molecule has 3 N–H and O–H groups in total. The van der Waals surface area contributed by atoms with Crippen LogP contribution in [0.25, 0.3) is 0 Å². The number of hydrogen-bond donors (Lipinski definition) is 3. The summed E-state index contributed by atoms with van der Waals surface area (Å²) in [7, 11) is 0. The van der Waals surface area contributed by atoms with Gasteiger partial charge < -0.3 is 20.9 Å². The number of amides is 2. The fraction of sp³-hybridized carbons (Fsp3) is 0.619. The van der Waals surface area contributed by atoms with Gasteiger partial charge in [0.2, 0.25) is 11.8 Å². The fourth-order valence-corrected chi connectivity index (χ4v) is 3.11. The van der Waals surface area contributed by atoms with E-state index in [0.29, 0.717) is 37.7 Å². The minimum atomic E-state index is -0.0932. The zero-order chi connectivity index (χ0) is 20.9.